The number of ether oxygens (including phenoxy) is 5. The summed E-state index contributed by atoms with van der Waals surface area (Å²) in [5, 5.41) is 46.4. The monoisotopic (exact) mass is 988 g/mol. The SMILES string of the molecule is C=CCOC12Oc3ccc(Oc4ccc(C)c(C)c4)cc3C3C(CCCCO)C(CCCCO)C=C(C(=NOCc4ccc([N+](=O)[O-])cc4)CC1N(Cc1ccc4c(c1)OCO4)C(=O)c1ccc(C#N)cc1)C32. The lowest BCUT2D eigenvalue weighted by molar-refractivity contribution is -0.384. The molecule has 15 heteroatoms. The first-order valence-electron chi connectivity index (χ1n) is 24.9. The Bertz CT molecular complexity index is 2930. The van der Waals surface area contributed by atoms with Gasteiger partial charge in [-0.3, -0.25) is 14.9 Å². The maximum Gasteiger partial charge on any atom is 0.269 e. The second kappa shape index (κ2) is 22.5. The number of hydrogen-bond donors (Lipinski definition) is 2. The molecule has 2 N–H and O–H groups in total. The van der Waals surface area contributed by atoms with Gasteiger partial charge in [0.15, 0.2) is 11.5 Å². The number of carbonyl (C=O) groups is 1. The van der Waals surface area contributed by atoms with Gasteiger partial charge in [-0.05, 0) is 158 Å². The normalized spacial score (nSPS) is 21.7. The molecule has 0 spiro atoms. The van der Waals surface area contributed by atoms with Gasteiger partial charge in [0, 0.05) is 55.4 Å². The molecule has 6 unspecified atom stereocenters. The van der Waals surface area contributed by atoms with Crippen LogP contribution in [0.2, 0.25) is 0 Å². The number of nitrogens with zero attached hydrogens (tertiary/aromatic N) is 4. The number of nitriles is 1. The third-order valence-electron chi connectivity index (χ3n) is 14.6. The molecule has 2 aliphatic heterocycles. The van der Waals surface area contributed by atoms with Crippen molar-refractivity contribution >= 4 is 17.3 Å². The van der Waals surface area contributed by atoms with Crippen LogP contribution in [0.1, 0.15) is 94.6 Å². The summed E-state index contributed by atoms with van der Waals surface area (Å²) in [7, 11) is 0. The first kappa shape index (κ1) is 50.4. The highest BCUT2D eigenvalue weighted by Gasteiger charge is 2.65. The molecule has 0 bridgehead atoms. The van der Waals surface area contributed by atoms with Crippen LogP contribution in [0.5, 0.6) is 28.7 Å². The Labute approximate surface area is 425 Å². The minimum Gasteiger partial charge on any atom is -0.459 e. The van der Waals surface area contributed by atoms with E-state index < -0.39 is 22.7 Å². The zero-order chi connectivity index (χ0) is 51.1. The molecule has 2 heterocycles. The summed E-state index contributed by atoms with van der Waals surface area (Å²) in [6.45, 7) is 8.45. The van der Waals surface area contributed by atoms with Gasteiger partial charge in [-0.2, -0.15) is 5.26 Å². The quantitative estimate of drug-likeness (QED) is 0.0306. The maximum atomic E-state index is 15.6. The molecule has 73 heavy (non-hydrogen) atoms. The van der Waals surface area contributed by atoms with Crippen LogP contribution < -0.4 is 18.9 Å². The topological polar surface area (TPSA) is 195 Å². The zero-order valence-electron chi connectivity index (χ0n) is 41.1. The number of benzene rings is 5. The Kier molecular flexibility index (Phi) is 15.5. The maximum absolute atomic E-state index is 15.6. The fraction of sp³-hybridized carbons (Fsp3) is 0.362. The summed E-state index contributed by atoms with van der Waals surface area (Å²) in [5.41, 5.74) is 6.63. The molecule has 4 aliphatic rings. The lowest BCUT2D eigenvalue weighted by Crippen LogP contribution is -2.70. The van der Waals surface area contributed by atoms with E-state index in [0.29, 0.717) is 64.0 Å². The zero-order valence-corrected chi connectivity index (χ0v) is 41.1. The highest BCUT2D eigenvalue weighted by atomic mass is 16.7. The van der Waals surface area contributed by atoms with Crippen molar-refractivity contribution in [2.24, 2.45) is 22.9 Å². The van der Waals surface area contributed by atoms with E-state index in [2.05, 4.69) is 31.7 Å². The number of amides is 1. The number of unbranched alkanes of at least 4 members (excludes halogenated alkanes) is 2. The smallest absolute Gasteiger partial charge is 0.269 e. The van der Waals surface area contributed by atoms with Gasteiger partial charge < -0.3 is 43.6 Å². The number of allylic oxidation sites excluding steroid dienone is 1. The number of aliphatic hydroxyl groups excluding tert-OH is 2. The van der Waals surface area contributed by atoms with E-state index >= 15 is 4.79 Å². The summed E-state index contributed by atoms with van der Waals surface area (Å²) in [6, 6.07) is 31.3. The van der Waals surface area contributed by atoms with Crippen LogP contribution in [-0.2, 0) is 22.7 Å². The summed E-state index contributed by atoms with van der Waals surface area (Å²) in [5.74, 6) is 0.00385. The fourth-order valence-corrected chi connectivity index (χ4v) is 10.9. The van der Waals surface area contributed by atoms with Gasteiger partial charge in [-0.15, -0.1) is 6.58 Å². The van der Waals surface area contributed by atoms with Gasteiger partial charge in [-0.25, -0.2) is 0 Å². The van der Waals surface area contributed by atoms with Gasteiger partial charge in [-0.1, -0.05) is 42.3 Å². The molecule has 1 amide bonds. The van der Waals surface area contributed by atoms with Gasteiger partial charge >= 0.3 is 0 Å². The average molecular weight is 989 g/mol. The molecule has 1 fully saturated rings. The molecule has 5 aromatic carbocycles. The van der Waals surface area contributed by atoms with Crippen molar-refractivity contribution in [1.82, 2.24) is 4.90 Å². The van der Waals surface area contributed by atoms with E-state index in [4.69, 9.17) is 33.7 Å². The number of nitro benzene ring substituents is 1. The number of rotatable bonds is 21. The molecule has 0 aromatic heterocycles. The number of nitro groups is 1. The number of hydrogen-bond acceptors (Lipinski definition) is 13. The number of aryl methyl sites for hydroxylation is 2. The van der Waals surface area contributed by atoms with Crippen molar-refractivity contribution in [2.45, 2.75) is 89.7 Å². The van der Waals surface area contributed by atoms with Crippen molar-refractivity contribution in [3.05, 3.63) is 176 Å². The number of carbonyl (C=O) groups excluding carboxylic acids is 1. The van der Waals surface area contributed by atoms with Gasteiger partial charge in [0.05, 0.1) is 34.8 Å². The van der Waals surface area contributed by atoms with E-state index in [-0.39, 0.29) is 75.5 Å². The number of fused-ring (bicyclic) bond motifs is 3. The van der Waals surface area contributed by atoms with Crippen molar-refractivity contribution in [2.75, 3.05) is 26.6 Å². The first-order chi connectivity index (χ1) is 35.5. The van der Waals surface area contributed by atoms with E-state index in [1.54, 1.807) is 47.4 Å². The Morgan fingerprint density at radius 1 is 0.890 bits per heavy atom. The highest BCUT2D eigenvalue weighted by Crippen LogP contribution is 2.62. The Hall–Kier alpha value is -7.51. The first-order valence-corrected chi connectivity index (χ1v) is 24.9. The van der Waals surface area contributed by atoms with E-state index in [1.807, 2.05) is 55.5 Å². The predicted octanol–water partition coefficient (Wildman–Crippen LogP) is 10.8. The summed E-state index contributed by atoms with van der Waals surface area (Å²) < 4.78 is 32.9. The lowest BCUT2D eigenvalue weighted by Gasteiger charge is -2.60. The van der Waals surface area contributed by atoms with E-state index in [0.717, 1.165) is 53.5 Å². The summed E-state index contributed by atoms with van der Waals surface area (Å²) >= 11 is 0. The molecule has 6 atom stereocenters. The van der Waals surface area contributed by atoms with Crippen LogP contribution >= 0.6 is 0 Å². The van der Waals surface area contributed by atoms with Crippen molar-refractivity contribution < 1.29 is 48.5 Å². The molecule has 2 aliphatic carbocycles. The largest absolute Gasteiger partial charge is 0.459 e. The molecule has 5 aromatic rings. The second-order valence-corrected chi connectivity index (χ2v) is 19.1. The summed E-state index contributed by atoms with van der Waals surface area (Å²) in [6.07, 6.45) is 8.22. The third-order valence-corrected chi connectivity index (χ3v) is 14.6. The highest BCUT2D eigenvalue weighted by molar-refractivity contribution is 6.03. The van der Waals surface area contributed by atoms with Gasteiger partial charge in [0.1, 0.15) is 29.9 Å². The van der Waals surface area contributed by atoms with Crippen LogP contribution in [0, 0.1) is 53.0 Å². The molecule has 0 saturated heterocycles. The Morgan fingerprint density at radius 2 is 1.60 bits per heavy atom. The molecule has 378 valence electrons. The molecule has 9 rings (SSSR count). The molecule has 15 nitrogen and oxygen atoms in total. The number of oxime groups is 1. The predicted molar refractivity (Wildman–Crippen MR) is 272 cm³/mol. The van der Waals surface area contributed by atoms with Crippen LogP contribution in [0.4, 0.5) is 5.69 Å². The van der Waals surface area contributed by atoms with Crippen molar-refractivity contribution in [1.29, 1.82) is 5.26 Å². The summed E-state index contributed by atoms with van der Waals surface area (Å²) in [4.78, 5) is 34.7. The Balaban J connectivity index is 1.26. The van der Waals surface area contributed by atoms with E-state index in [1.165, 1.54) is 12.1 Å². The van der Waals surface area contributed by atoms with Gasteiger partial charge in [0.25, 0.3) is 11.6 Å². The Morgan fingerprint density at radius 3 is 2.33 bits per heavy atom. The number of non-ortho nitro benzene ring substituents is 1. The molecular formula is C58H60N4O11. The minimum atomic E-state index is -1.59. The van der Waals surface area contributed by atoms with Crippen LogP contribution in [0.15, 0.2) is 133 Å². The van der Waals surface area contributed by atoms with Crippen LogP contribution in [0.3, 0.4) is 0 Å². The van der Waals surface area contributed by atoms with Crippen molar-refractivity contribution in [3.63, 3.8) is 0 Å². The lowest BCUT2D eigenvalue weighted by atomic mass is 9.55. The number of aliphatic hydroxyl groups is 2. The molecule has 0 radical (unpaired) electrons. The fourth-order valence-electron chi connectivity index (χ4n) is 10.9. The minimum absolute atomic E-state index is 0.00104. The van der Waals surface area contributed by atoms with Crippen molar-refractivity contribution in [3.8, 4) is 34.8 Å². The van der Waals surface area contributed by atoms with Crippen LogP contribution in [0.25, 0.3) is 0 Å². The second-order valence-electron chi connectivity index (χ2n) is 19.1. The van der Waals surface area contributed by atoms with Crippen LogP contribution in [-0.4, -0.2) is 70.1 Å². The molecular weight excluding hydrogens is 929 g/mol. The standard InChI is InChI=1S/C58H60N4O11/c1-4-27-70-58-54(61(57(65)42-17-12-39(33-59)13-18-42)34-41-16-23-52-53(29-41)69-36-68-52)32-50(60-71-35-40-14-19-44(20-15-40)62(66)67)48-30-43(9-5-7-25-63)47(10-6-8-26-64)55(56(48)58)49-31-46(22-24-51(49)73-58)72-45-21-11-37(2)38(3)28-45/h4,11-24,28-31,43,47,54-56,63-64H,1,5-10,25-27,32,34-36H2,2-3H3. The van der Waals surface area contributed by atoms with Gasteiger partial charge in [0.2, 0.25) is 12.6 Å². The average Bonchev–Trinajstić information content (AvgIpc) is 3.89. The third kappa shape index (κ3) is 10.7. The van der Waals surface area contributed by atoms with E-state index in [9.17, 15) is 25.6 Å². The molecule has 1 saturated carbocycles.